The Hall–Kier alpha value is -1.89. The second-order valence-electron chi connectivity index (χ2n) is 5.68. The number of carbonyl (C=O) groups excluding carboxylic acids is 3. The molecule has 0 aromatic rings. The minimum atomic E-state index is -0.778. The van der Waals surface area contributed by atoms with E-state index in [9.17, 15) is 14.4 Å². The number of carbonyl (C=O) groups is 3. The third-order valence-corrected chi connectivity index (χ3v) is 3.61. The minimum absolute atomic E-state index is 0.0159. The lowest BCUT2D eigenvalue weighted by molar-refractivity contribution is -0.189. The van der Waals surface area contributed by atoms with E-state index in [1.807, 2.05) is 6.92 Å². The summed E-state index contributed by atoms with van der Waals surface area (Å²) in [6.45, 7) is 4.67. The zero-order valence-electron chi connectivity index (χ0n) is 14.7. The van der Waals surface area contributed by atoms with Crippen LogP contribution in [-0.4, -0.2) is 49.4 Å². The van der Waals surface area contributed by atoms with Crippen molar-refractivity contribution < 1.29 is 33.3 Å². The van der Waals surface area contributed by atoms with Gasteiger partial charge < -0.3 is 18.9 Å². The highest BCUT2D eigenvalue weighted by molar-refractivity contribution is 5.72. The quantitative estimate of drug-likeness (QED) is 0.378. The van der Waals surface area contributed by atoms with E-state index in [4.69, 9.17) is 18.9 Å². The molecule has 136 valence electrons. The lowest BCUT2D eigenvalue weighted by atomic mass is 10.00. The number of unbranched alkanes of at least 4 members (excludes halogenated alkanes) is 1. The molecule has 1 rings (SSSR count). The molecule has 1 saturated heterocycles. The molecular weight excluding hydrogens is 316 g/mol. The van der Waals surface area contributed by atoms with Crippen LogP contribution in [0.15, 0.2) is 12.2 Å². The summed E-state index contributed by atoms with van der Waals surface area (Å²) in [4.78, 5) is 34.2. The van der Waals surface area contributed by atoms with Crippen molar-refractivity contribution in [3.05, 3.63) is 12.2 Å². The second-order valence-corrected chi connectivity index (χ2v) is 5.68. The third-order valence-electron chi connectivity index (χ3n) is 3.61. The van der Waals surface area contributed by atoms with E-state index in [0.717, 1.165) is 12.8 Å². The van der Waals surface area contributed by atoms with Crippen molar-refractivity contribution in [2.45, 2.75) is 70.9 Å². The van der Waals surface area contributed by atoms with Crippen LogP contribution in [0.2, 0.25) is 0 Å². The zero-order chi connectivity index (χ0) is 18.1. The molecule has 0 spiro atoms. The molecule has 24 heavy (non-hydrogen) atoms. The van der Waals surface area contributed by atoms with E-state index in [1.54, 1.807) is 12.2 Å². The van der Waals surface area contributed by atoms with Crippen LogP contribution in [0.3, 0.4) is 0 Å². The molecule has 1 aliphatic heterocycles. The Morgan fingerprint density at radius 3 is 2.58 bits per heavy atom. The van der Waals surface area contributed by atoms with Gasteiger partial charge in [-0.3, -0.25) is 14.4 Å². The van der Waals surface area contributed by atoms with Crippen LogP contribution in [-0.2, 0) is 33.3 Å². The molecule has 0 unspecified atom stereocenters. The second kappa shape index (κ2) is 10.1. The number of esters is 3. The third kappa shape index (κ3) is 6.70. The van der Waals surface area contributed by atoms with Crippen molar-refractivity contribution in [2.24, 2.45) is 0 Å². The molecule has 1 heterocycles. The molecule has 0 N–H and O–H groups in total. The van der Waals surface area contributed by atoms with Crippen molar-refractivity contribution in [3.63, 3.8) is 0 Å². The Morgan fingerprint density at radius 1 is 1.33 bits per heavy atom. The summed E-state index contributed by atoms with van der Waals surface area (Å²) >= 11 is 0. The van der Waals surface area contributed by atoms with E-state index in [2.05, 4.69) is 0 Å². The van der Waals surface area contributed by atoms with Crippen LogP contribution >= 0.6 is 0 Å². The van der Waals surface area contributed by atoms with Gasteiger partial charge in [-0.05, 0) is 25.0 Å². The van der Waals surface area contributed by atoms with Crippen molar-refractivity contribution >= 4 is 17.9 Å². The van der Waals surface area contributed by atoms with Crippen LogP contribution in [0, 0.1) is 0 Å². The average Bonchev–Trinajstić information content (AvgIpc) is 2.50. The number of hydrogen-bond acceptors (Lipinski definition) is 7. The first kappa shape index (κ1) is 20.2. The number of ether oxygens (including phenoxy) is 4. The SMILES string of the molecule is CCCC[C@@H](/C=C\[C@@H]1OC(=O)C[C@@H](OC)[C@@H]1OC(C)=O)OC(C)=O. The van der Waals surface area contributed by atoms with Gasteiger partial charge in [0.05, 0.1) is 6.42 Å². The van der Waals surface area contributed by atoms with Gasteiger partial charge in [0, 0.05) is 21.0 Å². The van der Waals surface area contributed by atoms with E-state index in [-0.39, 0.29) is 12.4 Å². The average molecular weight is 342 g/mol. The Bertz CT molecular complexity index is 472. The van der Waals surface area contributed by atoms with Gasteiger partial charge in [-0.25, -0.2) is 0 Å². The van der Waals surface area contributed by atoms with Crippen molar-refractivity contribution in [1.29, 1.82) is 0 Å². The number of cyclic esters (lactones) is 1. The highest BCUT2D eigenvalue weighted by Gasteiger charge is 2.40. The molecule has 0 bridgehead atoms. The van der Waals surface area contributed by atoms with Gasteiger partial charge in [0.2, 0.25) is 0 Å². The molecule has 0 aromatic carbocycles. The van der Waals surface area contributed by atoms with Gasteiger partial charge in [-0.15, -0.1) is 0 Å². The normalized spacial score (nSPS) is 25.2. The highest BCUT2D eigenvalue weighted by atomic mass is 16.6. The number of hydrogen-bond donors (Lipinski definition) is 0. The highest BCUT2D eigenvalue weighted by Crippen LogP contribution is 2.23. The van der Waals surface area contributed by atoms with E-state index >= 15 is 0 Å². The summed E-state index contributed by atoms with van der Waals surface area (Å²) in [7, 11) is 1.45. The molecule has 0 aromatic heterocycles. The molecule has 4 atom stereocenters. The van der Waals surface area contributed by atoms with E-state index in [0.29, 0.717) is 6.42 Å². The first-order valence-electron chi connectivity index (χ1n) is 8.12. The van der Waals surface area contributed by atoms with E-state index < -0.39 is 36.4 Å². The van der Waals surface area contributed by atoms with Gasteiger partial charge in [-0.2, -0.15) is 0 Å². The first-order chi connectivity index (χ1) is 11.4. The maximum absolute atomic E-state index is 11.7. The van der Waals surface area contributed by atoms with Gasteiger partial charge in [-0.1, -0.05) is 13.3 Å². The van der Waals surface area contributed by atoms with E-state index in [1.165, 1.54) is 21.0 Å². The predicted octanol–water partition coefficient (Wildman–Crippen LogP) is 1.93. The monoisotopic (exact) mass is 342 g/mol. The Balaban J connectivity index is 2.88. The summed E-state index contributed by atoms with van der Waals surface area (Å²) in [5.74, 6) is -1.30. The summed E-state index contributed by atoms with van der Waals surface area (Å²) in [6, 6.07) is 0. The Labute approximate surface area is 142 Å². The zero-order valence-corrected chi connectivity index (χ0v) is 14.7. The fraction of sp³-hybridized carbons (Fsp3) is 0.706. The molecule has 0 amide bonds. The summed E-state index contributed by atoms with van der Waals surface area (Å²) in [6.07, 6.45) is 3.30. The van der Waals surface area contributed by atoms with Crippen LogP contribution in [0.4, 0.5) is 0 Å². The molecule has 1 fully saturated rings. The van der Waals surface area contributed by atoms with Gasteiger partial charge in [0.1, 0.15) is 12.2 Å². The maximum Gasteiger partial charge on any atom is 0.309 e. The summed E-state index contributed by atoms with van der Waals surface area (Å²) < 4.78 is 21.0. The standard InChI is InChI=1S/C17H26O7/c1-5-6-7-13(22-11(2)18)8-9-14-17(23-12(3)19)15(21-4)10-16(20)24-14/h8-9,13-15,17H,5-7,10H2,1-4H3/b9-8-/t13-,14-,15+,17+/m0/s1. The summed E-state index contributed by atoms with van der Waals surface area (Å²) in [5.41, 5.74) is 0. The van der Waals surface area contributed by atoms with Gasteiger partial charge in [0.25, 0.3) is 0 Å². The molecule has 0 saturated carbocycles. The number of methoxy groups -OCH3 is 1. The van der Waals surface area contributed by atoms with Crippen molar-refractivity contribution in [3.8, 4) is 0 Å². The van der Waals surface area contributed by atoms with Crippen LogP contribution < -0.4 is 0 Å². The molecule has 1 aliphatic rings. The number of rotatable bonds is 8. The lowest BCUT2D eigenvalue weighted by Gasteiger charge is -2.34. The fourth-order valence-electron chi connectivity index (χ4n) is 2.51. The van der Waals surface area contributed by atoms with Crippen molar-refractivity contribution in [2.75, 3.05) is 7.11 Å². The van der Waals surface area contributed by atoms with Crippen LogP contribution in [0.25, 0.3) is 0 Å². The maximum atomic E-state index is 11.7. The molecular formula is C17H26O7. The lowest BCUT2D eigenvalue weighted by Crippen LogP contribution is -2.49. The van der Waals surface area contributed by atoms with Crippen LogP contribution in [0.5, 0.6) is 0 Å². The van der Waals surface area contributed by atoms with Gasteiger partial charge >= 0.3 is 17.9 Å². The predicted molar refractivity (Wildman–Crippen MR) is 85.1 cm³/mol. The Morgan fingerprint density at radius 2 is 2.04 bits per heavy atom. The first-order valence-corrected chi connectivity index (χ1v) is 8.12. The smallest absolute Gasteiger partial charge is 0.309 e. The minimum Gasteiger partial charge on any atom is -0.458 e. The molecule has 0 radical (unpaired) electrons. The topological polar surface area (TPSA) is 88.1 Å². The largest absolute Gasteiger partial charge is 0.458 e. The fourth-order valence-corrected chi connectivity index (χ4v) is 2.51. The molecule has 7 nitrogen and oxygen atoms in total. The molecule has 7 heteroatoms. The van der Waals surface area contributed by atoms with Crippen LogP contribution in [0.1, 0.15) is 46.5 Å². The Kier molecular flexibility index (Phi) is 8.46. The van der Waals surface area contributed by atoms with Crippen molar-refractivity contribution in [1.82, 2.24) is 0 Å². The molecule has 0 aliphatic carbocycles. The summed E-state index contributed by atoms with van der Waals surface area (Å²) in [5, 5.41) is 0. The van der Waals surface area contributed by atoms with Gasteiger partial charge in [0.15, 0.2) is 12.2 Å².